The molecule has 2 fully saturated rings. The van der Waals surface area contributed by atoms with Gasteiger partial charge in [0.1, 0.15) is 6.04 Å². The summed E-state index contributed by atoms with van der Waals surface area (Å²) < 4.78 is 0. The van der Waals surface area contributed by atoms with E-state index in [2.05, 4.69) is 22.0 Å². The summed E-state index contributed by atoms with van der Waals surface area (Å²) in [5.74, 6) is -1.03. The molecule has 0 aromatic heterocycles. The van der Waals surface area contributed by atoms with E-state index in [-0.39, 0.29) is 43.4 Å². The van der Waals surface area contributed by atoms with Crippen LogP contribution in [0.5, 0.6) is 0 Å². The van der Waals surface area contributed by atoms with Gasteiger partial charge in [0, 0.05) is 18.3 Å². The van der Waals surface area contributed by atoms with Gasteiger partial charge in [-0.1, -0.05) is 37.5 Å². The summed E-state index contributed by atoms with van der Waals surface area (Å²) in [5, 5.41) is 17.7. The molecular formula is C21H27N5O3. The van der Waals surface area contributed by atoms with Crippen molar-refractivity contribution in [1.29, 1.82) is 5.26 Å². The second-order valence-electron chi connectivity index (χ2n) is 7.64. The van der Waals surface area contributed by atoms with E-state index in [1.165, 1.54) is 11.3 Å². The van der Waals surface area contributed by atoms with Crippen LogP contribution in [-0.2, 0) is 9.59 Å². The van der Waals surface area contributed by atoms with Crippen molar-refractivity contribution in [3.8, 4) is 6.07 Å². The number of hydrogen-bond acceptors (Lipinski definition) is 4. The van der Waals surface area contributed by atoms with Gasteiger partial charge in [0.25, 0.3) is 0 Å². The molecule has 1 aromatic carbocycles. The second-order valence-corrected chi connectivity index (χ2v) is 7.64. The first-order valence-corrected chi connectivity index (χ1v) is 10.2. The van der Waals surface area contributed by atoms with Crippen molar-refractivity contribution in [2.45, 2.75) is 50.6 Å². The van der Waals surface area contributed by atoms with Gasteiger partial charge in [-0.25, -0.2) is 4.79 Å². The lowest BCUT2D eigenvalue weighted by Crippen LogP contribution is -2.48. The molecular weight excluding hydrogens is 370 g/mol. The Labute approximate surface area is 170 Å². The van der Waals surface area contributed by atoms with Crippen molar-refractivity contribution in [1.82, 2.24) is 15.5 Å². The molecule has 1 saturated heterocycles. The van der Waals surface area contributed by atoms with Crippen molar-refractivity contribution >= 4 is 23.5 Å². The molecule has 1 heterocycles. The van der Waals surface area contributed by atoms with Crippen LogP contribution < -0.4 is 16.0 Å². The molecule has 1 saturated carbocycles. The average molecular weight is 397 g/mol. The normalized spacial score (nSPS) is 21.8. The van der Waals surface area contributed by atoms with E-state index in [1.807, 2.05) is 18.2 Å². The Bertz CT molecular complexity index is 770. The number of anilines is 1. The first-order valence-electron chi connectivity index (χ1n) is 10.2. The molecule has 3 N–H and O–H groups in total. The van der Waals surface area contributed by atoms with Crippen LogP contribution in [0.25, 0.3) is 0 Å². The fraction of sp³-hybridized carbons (Fsp3) is 0.524. The van der Waals surface area contributed by atoms with E-state index in [9.17, 15) is 19.6 Å². The molecule has 29 heavy (non-hydrogen) atoms. The highest BCUT2D eigenvalue weighted by Crippen LogP contribution is 2.24. The van der Waals surface area contributed by atoms with Crippen LogP contribution in [-0.4, -0.2) is 47.9 Å². The van der Waals surface area contributed by atoms with E-state index < -0.39 is 12.0 Å². The van der Waals surface area contributed by atoms with Gasteiger partial charge in [-0.2, -0.15) is 5.26 Å². The number of rotatable bonds is 5. The molecule has 8 heteroatoms. The molecule has 154 valence electrons. The number of nitriles is 1. The zero-order chi connectivity index (χ0) is 20.6. The molecule has 0 spiro atoms. The third kappa shape index (κ3) is 5.70. The van der Waals surface area contributed by atoms with Gasteiger partial charge < -0.3 is 20.9 Å². The number of hydrogen-bond donors (Lipinski definition) is 3. The highest BCUT2D eigenvalue weighted by molar-refractivity contribution is 5.94. The Morgan fingerprint density at radius 1 is 1.10 bits per heavy atom. The number of amides is 4. The lowest BCUT2D eigenvalue weighted by atomic mass is 9.96. The van der Waals surface area contributed by atoms with Crippen LogP contribution in [0.3, 0.4) is 0 Å². The van der Waals surface area contributed by atoms with Crippen LogP contribution in [0.15, 0.2) is 30.3 Å². The van der Waals surface area contributed by atoms with Gasteiger partial charge in [-0.15, -0.1) is 0 Å². The minimum absolute atomic E-state index is 0.156. The molecule has 0 radical (unpaired) electrons. The molecule has 8 nitrogen and oxygen atoms in total. The number of carbonyl (C=O) groups excluding carboxylic acids is 3. The Kier molecular flexibility index (Phi) is 7.06. The monoisotopic (exact) mass is 397 g/mol. The van der Waals surface area contributed by atoms with E-state index >= 15 is 0 Å². The number of likely N-dealkylation sites (tertiary alicyclic amines) is 1. The molecule has 3 rings (SSSR count). The van der Waals surface area contributed by atoms with Crippen LogP contribution in [0.4, 0.5) is 10.5 Å². The number of para-hydroxylation sites is 1. The summed E-state index contributed by atoms with van der Waals surface area (Å²) in [6.07, 6.45) is 5.61. The maximum absolute atomic E-state index is 12.5. The van der Waals surface area contributed by atoms with Crippen LogP contribution in [0.1, 0.15) is 38.5 Å². The molecule has 2 atom stereocenters. The number of nitrogens with one attached hydrogen (secondary N) is 3. The summed E-state index contributed by atoms with van der Waals surface area (Å²) in [6.45, 7) is -0.0224. The van der Waals surface area contributed by atoms with Crippen molar-refractivity contribution < 1.29 is 14.4 Å². The summed E-state index contributed by atoms with van der Waals surface area (Å²) in [5.41, 5.74) is 0.678. The molecule has 1 aliphatic heterocycles. The Morgan fingerprint density at radius 2 is 1.83 bits per heavy atom. The van der Waals surface area contributed by atoms with E-state index in [0.29, 0.717) is 5.69 Å². The van der Waals surface area contributed by atoms with Gasteiger partial charge in [0.05, 0.1) is 18.5 Å². The Hall–Kier alpha value is -3.08. The average Bonchev–Trinajstić information content (AvgIpc) is 3.18. The molecule has 0 bridgehead atoms. The third-order valence-corrected chi connectivity index (χ3v) is 5.52. The van der Waals surface area contributed by atoms with Gasteiger partial charge in [-0.05, 0) is 31.4 Å². The van der Waals surface area contributed by atoms with Crippen molar-refractivity contribution in [2.24, 2.45) is 5.92 Å². The number of carbonyl (C=O) groups is 3. The maximum Gasteiger partial charge on any atom is 0.315 e. The fourth-order valence-electron chi connectivity index (χ4n) is 3.93. The highest BCUT2D eigenvalue weighted by Gasteiger charge is 2.38. The number of urea groups is 1. The van der Waals surface area contributed by atoms with Crippen molar-refractivity contribution in [3.63, 3.8) is 0 Å². The topological polar surface area (TPSA) is 114 Å². The summed E-state index contributed by atoms with van der Waals surface area (Å²) in [6, 6.07) is 10.3. The third-order valence-electron chi connectivity index (χ3n) is 5.52. The lowest BCUT2D eigenvalue weighted by Gasteiger charge is -2.23. The zero-order valence-electron chi connectivity index (χ0n) is 16.4. The molecule has 4 amide bonds. The largest absolute Gasteiger partial charge is 0.335 e. The first kappa shape index (κ1) is 20.6. The van der Waals surface area contributed by atoms with E-state index in [0.717, 1.165) is 25.7 Å². The van der Waals surface area contributed by atoms with E-state index in [1.54, 1.807) is 12.1 Å². The van der Waals surface area contributed by atoms with Crippen molar-refractivity contribution in [3.05, 3.63) is 30.3 Å². The van der Waals surface area contributed by atoms with Crippen LogP contribution >= 0.6 is 0 Å². The number of benzene rings is 1. The first-order chi connectivity index (χ1) is 14.1. The van der Waals surface area contributed by atoms with Gasteiger partial charge in [-0.3, -0.25) is 9.59 Å². The maximum atomic E-state index is 12.5. The number of nitrogens with zero attached hydrogens (tertiary/aromatic N) is 2. The van der Waals surface area contributed by atoms with E-state index in [4.69, 9.17) is 0 Å². The van der Waals surface area contributed by atoms with Gasteiger partial charge >= 0.3 is 6.03 Å². The highest BCUT2D eigenvalue weighted by atomic mass is 16.2. The summed E-state index contributed by atoms with van der Waals surface area (Å²) >= 11 is 0. The predicted molar refractivity (Wildman–Crippen MR) is 108 cm³/mol. The lowest BCUT2D eigenvalue weighted by molar-refractivity contribution is -0.130. The van der Waals surface area contributed by atoms with Gasteiger partial charge in [0.15, 0.2) is 0 Å². The predicted octanol–water partition coefficient (Wildman–Crippen LogP) is 2.00. The quantitative estimate of drug-likeness (QED) is 0.705. The van der Waals surface area contributed by atoms with Crippen LogP contribution in [0.2, 0.25) is 0 Å². The summed E-state index contributed by atoms with van der Waals surface area (Å²) in [7, 11) is 0. The fourth-order valence-corrected chi connectivity index (χ4v) is 3.93. The zero-order valence-corrected chi connectivity index (χ0v) is 16.4. The van der Waals surface area contributed by atoms with Gasteiger partial charge in [0.2, 0.25) is 11.8 Å². The molecule has 1 aromatic rings. The summed E-state index contributed by atoms with van der Waals surface area (Å²) in [4.78, 5) is 38.5. The van der Waals surface area contributed by atoms with Crippen molar-refractivity contribution in [2.75, 3.05) is 18.4 Å². The smallest absolute Gasteiger partial charge is 0.315 e. The SMILES string of the molecule is N#CC1CC(C(=O)Nc2ccccc2)CN1C(=O)CNC(=O)NC1CCCCC1. The Morgan fingerprint density at radius 3 is 2.52 bits per heavy atom. The second kappa shape index (κ2) is 9.92. The molecule has 2 unspecified atom stereocenters. The minimum atomic E-state index is -0.669. The standard InChI is InChI=1S/C21H27N5O3/c22-12-18-11-15(20(28)24-16-7-3-1-4-8-16)14-26(18)19(27)13-23-21(29)25-17-9-5-2-6-10-17/h1,3-4,7-8,15,17-18H,2,5-6,9-11,13-14H2,(H,24,28)(H2,23,25,29). The molecule has 2 aliphatic rings. The van der Waals surface area contributed by atoms with Crippen LogP contribution in [0, 0.1) is 17.2 Å². The Balaban J connectivity index is 1.48. The molecule has 1 aliphatic carbocycles. The minimum Gasteiger partial charge on any atom is -0.335 e.